The molecule has 4 nitrogen and oxygen atoms in total. The maximum Gasteiger partial charge on any atom is 0.156 e. The molecule has 0 fully saturated rings. The van der Waals surface area contributed by atoms with Crippen LogP contribution in [0.4, 0.5) is 0 Å². The highest BCUT2D eigenvalue weighted by Gasteiger charge is 2.19. The third-order valence-electron chi connectivity index (χ3n) is 2.98. The lowest BCUT2D eigenvalue weighted by atomic mass is 10.2. The van der Waals surface area contributed by atoms with Gasteiger partial charge in [0.1, 0.15) is 0 Å². The maximum absolute atomic E-state index is 12.3. The Hall–Kier alpha value is -0.910. The molecule has 1 N–H and O–H groups in total. The summed E-state index contributed by atoms with van der Waals surface area (Å²) in [6.07, 6.45) is 0.970. The Labute approximate surface area is 122 Å². The monoisotopic (exact) mass is 299 g/mol. The molecule has 20 heavy (non-hydrogen) atoms. The van der Waals surface area contributed by atoms with E-state index in [2.05, 4.69) is 12.2 Å². The number of hydrogen-bond acceptors (Lipinski definition) is 4. The van der Waals surface area contributed by atoms with Crippen molar-refractivity contribution in [2.24, 2.45) is 0 Å². The molecule has 0 aliphatic carbocycles. The molecular weight excluding hydrogens is 274 g/mol. The van der Waals surface area contributed by atoms with Gasteiger partial charge in [-0.25, -0.2) is 8.42 Å². The Bertz CT molecular complexity index is 500. The molecule has 0 aromatic heterocycles. The van der Waals surface area contributed by atoms with Crippen LogP contribution in [0.25, 0.3) is 0 Å². The first kappa shape index (κ1) is 17.1. The van der Waals surface area contributed by atoms with E-state index in [0.29, 0.717) is 6.61 Å². The zero-order chi connectivity index (χ0) is 15.0. The normalized spacial score (nSPS) is 13.3. The summed E-state index contributed by atoms with van der Waals surface area (Å²) in [5.74, 6) is 0.192. The Balaban J connectivity index is 2.66. The predicted octanol–water partition coefficient (Wildman–Crippen LogP) is 1.92. The molecule has 0 heterocycles. The first-order valence-corrected chi connectivity index (χ1v) is 8.77. The van der Waals surface area contributed by atoms with Crippen molar-refractivity contribution in [1.29, 1.82) is 0 Å². The standard InChI is InChI=1S/C15H25NO3S/c1-4-8-16-15(10-19-3)12-20(17,18)11-14-7-5-6-13(2)9-14/h5-7,9,15-16H,4,8,10-12H2,1-3H3. The second-order valence-corrected chi connectivity index (χ2v) is 7.26. The van der Waals surface area contributed by atoms with Crippen LogP contribution in [0.5, 0.6) is 0 Å². The Morgan fingerprint density at radius 2 is 2.10 bits per heavy atom. The number of nitrogens with one attached hydrogen (secondary N) is 1. The van der Waals surface area contributed by atoms with Crippen LogP contribution < -0.4 is 5.32 Å². The minimum atomic E-state index is -3.15. The van der Waals surface area contributed by atoms with Gasteiger partial charge in [0.05, 0.1) is 18.1 Å². The highest BCUT2D eigenvalue weighted by molar-refractivity contribution is 7.90. The van der Waals surface area contributed by atoms with Crippen LogP contribution >= 0.6 is 0 Å². The second-order valence-electron chi connectivity index (χ2n) is 5.15. The average molecular weight is 299 g/mol. The van der Waals surface area contributed by atoms with Crippen LogP contribution in [0.2, 0.25) is 0 Å². The molecule has 1 unspecified atom stereocenters. The van der Waals surface area contributed by atoms with Crippen LogP contribution in [-0.2, 0) is 20.3 Å². The van der Waals surface area contributed by atoms with Gasteiger partial charge in [0.25, 0.3) is 0 Å². The van der Waals surface area contributed by atoms with E-state index in [-0.39, 0.29) is 17.5 Å². The summed E-state index contributed by atoms with van der Waals surface area (Å²) in [4.78, 5) is 0. The number of methoxy groups -OCH3 is 1. The molecule has 0 bridgehead atoms. The van der Waals surface area contributed by atoms with Gasteiger partial charge in [-0.1, -0.05) is 36.8 Å². The molecule has 1 aromatic rings. The van der Waals surface area contributed by atoms with E-state index in [0.717, 1.165) is 24.1 Å². The van der Waals surface area contributed by atoms with E-state index < -0.39 is 9.84 Å². The SMILES string of the molecule is CCCNC(COC)CS(=O)(=O)Cc1cccc(C)c1. The zero-order valence-corrected chi connectivity index (χ0v) is 13.4. The van der Waals surface area contributed by atoms with Crippen molar-refractivity contribution in [3.8, 4) is 0 Å². The summed E-state index contributed by atoms with van der Waals surface area (Å²) in [6, 6.07) is 7.49. The number of benzene rings is 1. The number of rotatable bonds is 9. The Morgan fingerprint density at radius 3 is 2.70 bits per heavy atom. The number of sulfone groups is 1. The fourth-order valence-electron chi connectivity index (χ4n) is 2.14. The highest BCUT2D eigenvalue weighted by Crippen LogP contribution is 2.10. The fourth-order valence-corrected chi connectivity index (χ4v) is 3.77. The van der Waals surface area contributed by atoms with Gasteiger partial charge in [0.2, 0.25) is 0 Å². The summed E-state index contributed by atoms with van der Waals surface area (Å²) < 4.78 is 29.6. The lowest BCUT2D eigenvalue weighted by Crippen LogP contribution is -2.40. The number of aryl methyl sites for hydroxylation is 1. The molecule has 0 saturated heterocycles. The van der Waals surface area contributed by atoms with E-state index in [9.17, 15) is 8.42 Å². The molecule has 0 amide bonds. The third kappa shape index (κ3) is 6.50. The smallest absolute Gasteiger partial charge is 0.156 e. The van der Waals surface area contributed by atoms with Gasteiger partial charge in [-0.3, -0.25) is 0 Å². The minimum Gasteiger partial charge on any atom is -0.383 e. The topological polar surface area (TPSA) is 55.4 Å². The molecule has 1 atom stereocenters. The fraction of sp³-hybridized carbons (Fsp3) is 0.600. The lowest BCUT2D eigenvalue weighted by Gasteiger charge is -2.17. The van der Waals surface area contributed by atoms with Gasteiger partial charge < -0.3 is 10.1 Å². The van der Waals surface area contributed by atoms with Crippen molar-refractivity contribution in [2.45, 2.75) is 32.1 Å². The van der Waals surface area contributed by atoms with E-state index in [1.165, 1.54) is 0 Å². The van der Waals surface area contributed by atoms with Gasteiger partial charge in [-0.05, 0) is 25.5 Å². The van der Waals surface area contributed by atoms with Gasteiger partial charge in [0, 0.05) is 13.2 Å². The summed E-state index contributed by atoms with van der Waals surface area (Å²) in [7, 11) is -1.55. The molecule has 0 saturated carbocycles. The predicted molar refractivity (Wildman–Crippen MR) is 82.6 cm³/mol. The lowest BCUT2D eigenvalue weighted by molar-refractivity contribution is 0.173. The molecule has 0 radical (unpaired) electrons. The minimum absolute atomic E-state index is 0.0860. The average Bonchev–Trinajstić information content (AvgIpc) is 2.35. The van der Waals surface area contributed by atoms with Crippen molar-refractivity contribution in [1.82, 2.24) is 5.32 Å². The van der Waals surface area contributed by atoms with Crippen LogP contribution in [0.1, 0.15) is 24.5 Å². The second kappa shape index (κ2) is 8.39. The van der Waals surface area contributed by atoms with Crippen molar-refractivity contribution < 1.29 is 13.2 Å². The number of hydrogen-bond donors (Lipinski definition) is 1. The summed E-state index contributed by atoms with van der Waals surface area (Å²) in [5.41, 5.74) is 1.92. The summed E-state index contributed by atoms with van der Waals surface area (Å²) in [5, 5.41) is 3.22. The summed E-state index contributed by atoms with van der Waals surface area (Å²) in [6.45, 7) is 5.23. The first-order chi connectivity index (χ1) is 9.46. The molecule has 114 valence electrons. The van der Waals surface area contributed by atoms with Gasteiger partial charge in [-0.15, -0.1) is 0 Å². The third-order valence-corrected chi connectivity index (χ3v) is 4.66. The highest BCUT2D eigenvalue weighted by atomic mass is 32.2. The molecule has 0 aliphatic rings. The maximum atomic E-state index is 12.3. The molecule has 1 rings (SSSR count). The van der Waals surface area contributed by atoms with Crippen molar-refractivity contribution >= 4 is 9.84 Å². The van der Waals surface area contributed by atoms with Gasteiger partial charge in [0.15, 0.2) is 9.84 Å². The van der Waals surface area contributed by atoms with Crippen molar-refractivity contribution in [3.05, 3.63) is 35.4 Å². The van der Waals surface area contributed by atoms with Crippen molar-refractivity contribution in [3.63, 3.8) is 0 Å². The Morgan fingerprint density at radius 1 is 1.35 bits per heavy atom. The van der Waals surface area contributed by atoms with Crippen LogP contribution in [0.15, 0.2) is 24.3 Å². The molecule has 5 heteroatoms. The molecule has 0 spiro atoms. The largest absolute Gasteiger partial charge is 0.383 e. The van der Waals surface area contributed by atoms with Crippen LogP contribution in [0.3, 0.4) is 0 Å². The summed E-state index contributed by atoms with van der Waals surface area (Å²) >= 11 is 0. The van der Waals surface area contributed by atoms with E-state index >= 15 is 0 Å². The van der Waals surface area contributed by atoms with Gasteiger partial charge >= 0.3 is 0 Å². The van der Waals surface area contributed by atoms with E-state index in [1.807, 2.05) is 31.2 Å². The number of ether oxygens (including phenoxy) is 1. The van der Waals surface area contributed by atoms with Gasteiger partial charge in [-0.2, -0.15) is 0 Å². The quantitative estimate of drug-likeness (QED) is 0.757. The van der Waals surface area contributed by atoms with Crippen LogP contribution in [-0.4, -0.2) is 40.5 Å². The zero-order valence-electron chi connectivity index (χ0n) is 12.6. The van der Waals surface area contributed by atoms with E-state index in [1.54, 1.807) is 7.11 Å². The molecule has 1 aromatic carbocycles. The molecule has 0 aliphatic heterocycles. The van der Waals surface area contributed by atoms with Crippen molar-refractivity contribution in [2.75, 3.05) is 26.0 Å². The van der Waals surface area contributed by atoms with Crippen LogP contribution in [0, 0.1) is 6.92 Å². The molecular formula is C15H25NO3S. The Kier molecular flexibility index (Phi) is 7.19. The first-order valence-electron chi connectivity index (χ1n) is 6.95. The van der Waals surface area contributed by atoms with E-state index in [4.69, 9.17) is 4.74 Å².